The normalized spacial score (nSPS) is 18.4. The predicted molar refractivity (Wildman–Crippen MR) is 62.8 cm³/mol. The van der Waals surface area contributed by atoms with Crippen molar-refractivity contribution in [2.24, 2.45) is 0 Å². The van der Waals surface area contributed by atoms with Crippen LogP contribution in [0.4, 0.5) is 13.2 Å². The lowest BCUT2D eigenvalue weighted by Crippen LogP contribution is -2.13. The van der Waals surface area contributed by atoms with Crippen LogP contribution >= 0.6 is 15.9 Å². The van der Waals surface area contributed by atoms with Crippen molar-refractivity contribution in [2.75, 3.05) is 0 Å². The molecule has 0 aliphatic heterocycles. The van der Waals surface area contributed by atoms with Gasteiger partial charge in [-0.25, -0.2) is 4.98 Å². The van der Waals surface area contributed by atoms with E-state index < -0.39 is 11.9 Å². The zero-order chi connectivity index (χ0) is 12.5. The first-order valence-electron chi connectivity index (χ1n) is 5.72. The van der Waals surface area contributed by atoms with E-state index in [0.717, 1.165) is 25.7 Å². The molecule has 0 aromatic carbocycles. The molecule has 17 heavy (non-hydrogen) atoms. The summed E-state index contributed by atoms with van der Waals surface area (Å²) in [6, 6.07) is 3.16. The maximum Gasteiger partial charge on any atom is 0.434 e. The Morgan fingerprint density at radius 1 is 1.12 bits per heavy atom. The maximum absolute atomic E-state index is 12.7. The summed E-state index contributed by atoms with van der Waals surface area (Å²) in [5.41, 5.74) is -0.221. The molecule has 0 amide bonds. The summed E-state index contributed by atoms with van der Waals surface area (Å²) in [7, 11) is 0. The second-order valence-corrected chi connectivity index (χ2v) is 5.25. The average molecular weight is 308 g/mol. The van der Waals surface area contributed by atoms with Crippen LogP contribution in [0.3, 0.4) is 0 Å². The Labute approximate surface area is 107 Å². The molecule has 0 N–H and O–H groups in total. The number of halogens is 4. The Morgan fingerprint density at radius 3 is 2.35 bits per heavy atom. The Balaban J connectivity index is 2.30. The van der Waals surface area contributed by atoms with Gasteiger partial charge in [-0.3, -0.25) is 0 Å². The van der Waals surface area contributed by atoms with Crippen molar-refractivity contribution >= 4 is 15.9 Å². The monoisotopic (exact) mass is 307 g/mol. The minimum absolute atomic E-state index is 0.0181. The molecule has 0 atom stereocenters. The third-order valence-electron chi connectivity index (χ3n) is 3.16. The minimum Gasteiger partial charge on any atom is -0.247 e. The van der Waals surface area contributed by atoms with Crippen LogP contribution in [0.1, 0.15) is 49.4 Å². The van der Waals surface area contributed by atoms with Gasteiger partial charge in [0.1, 0.15) is 0 Å². The lowest BCUT2D eigenvalue weighted by atomic mass is 9.86. The first-order valence-corrected chi connectivity index (χ1v) is 6.51. The van der Waals surface area contributed by atoms with E-state index in [0.29, 0.717) is 5.69 Å². The zero-order valence-corrected chi connectivity index (χ0v) is 10.8. The van der Waals surface area contributed by atoms with Crippen molar-refractivity contribution in [3.05, 3.63) is 28.0 Å². The van der Waals surface area contributed by atoms with Crippen molar-refractivity contribution in [3.63, 3.8) is 0 Å². The molecule has 2 rings (SSSR count). The van der Waals surface area contributed by atoms with Crippen LogP contribution in [-0.2, 0) is 6.18 Å². The fraction of sp³-hybridized carbons (Fsp3) is 0.583. The molecule has 1 aromatic rings. The number of alkyl halides is 3. The van der Waals surface area contributed by atoms with E-state index in [1.54, 1.807) is 6.07 Å². The Bertz CT molecular complexity index is 397. The standard InChI is InChI=1S/C12H13BrF3N/c13-9-6-7-10(8-4-2-1-3-5-8)17-11(9)12(14,15)16/h6-8H,1-5H2. The summed E-state index contributed by atoms with van der Waals surface area (Å²) in [5, 5.41) is 0. The van der Waals surface area contributed by atoms with Gasteiger partial charge in [0.2, 0.25) is 0 Å². The molecule has 1 aliphatic rings. The van der Waals surface area contributed by atoms with Gasteiger partial charge in [-0.05, 0) is 40.9 Å². The molecular formula is C12H13BrF3N. The van der Waals surface area contributed by atoms with Crippen LogP contribution in [0.5, 0.6) is 0 Å². The van der Waals surface area contributed by atoms with Crippen molar-refractivity contribution < 1.29 is 13.2 Å². The second-order valence-electron chi connectivity index (χ2n) is 4.40. The summed E-state index contributed by atoms with van der Waals surface area (Å²) in [5.74, 6) is 0.193. The molecule has 0 spiro atoms. The van der Waals surface area contributed by atoms with Gasteiger partial charge in [-0.2, -0.15) is 13.2 Å². The summed E-state index contributed by atoms with van der Waals surface area (Å²) in [6.07, 6.45) is 0.869. The van der Waals surface area contributed by atoms with Crippen molar-refractivity contribution in [1.29, 1.82) is 0 Å². The molecule has 0 radical (unpaired) electrons. The van der Waals surface area contributed by atoms with E-state index in [9.17, 15) is 13.2 Å². The van der Waals surface area contributed by atoms with E-state index >= 15 is 0 Å². The summed E-state index contributed by atoms with van der Waals surface area (Å²) in [6.45, 7) is 0. The van der Waals surface area contributed by atoms with Gasteiger partial charge >= 0.3 is 6.18 Å². The fourth-order valence-corrected chi connectivity index (χ4v) is 2.73. The number of aromatic nitrogens is 1. The highest BCUT2D eigenvalue weighted by molar-refractivity contribution is 9.10. The molecule has 5 heteroatoms. The maximum atomic E-state index is 12.7. The lowest BCUT2D eigenvalue weighted by Gasteiger charge is -2.22. The molecule has 1 aromatic heterocycles. The molecule has 1 fully saturated rings. The molecule has 1 heterocycles. The topological polar surface area (TPSA) is 12.9 Å². The average Bonchev–Trinajstić information content (AvgIpc) is 2.29. The van der Waals surface area contributed by atoms with Crippen molar-refractivity contribution in [2.45, 2.75) is 44.2 Å². The molecule has 0 unspecified atom stereocenters. The molecule has 1 saturated carbocycles. The number of nitrogens with zero attached hydrogens (tertiary/aromatic N) is 1. The highest BCUT2D eigenvalue weighted by atomic mass is 79.9. The van der Waals surface area contributed by atoms with Gasteiger partial charge in [0, 0.05) is 16.1 Å². The molecule has 0 bridgehead atoms. The van der Waals surface area contributed by atoms with E-state index in [-0.39, 0.29) is 10.4 Å². The Kier molecular flexibility index (Phi) is 3.76. The number of rotatable bonds is 1. The molecule has 1 aliphatic carbocycles. The summed E-state index contributed by atoms with van der Waals surface area (Å²) < 4.78 is 38.1. The Hall–Kier alpha value is -0.580. The van der Waals surface area contributed by atoms with Gasteiger partial charge in [0.15, 0.2) is 5.69 Å². The minimum atomic E-state index is -4.39. The van der Waals surface area contributed by atoms with E-state index in [1.807, 2.05) is 0 Å². The molecule has 94 valence electrons. The summed E-state index contributed by atoms with van der Waals surface area (Å²) >= 11 is 2.91. The predicted octanol–water partition coefficient (Wildman–Crippen LogP) is 4.91. The van der Waals surface area contributed by atoms with Crippen LogP contribution in [-0.4, -0.2) is 4.98 Å². The third-order valence-corrected chi connectivity index (χ3v) is 3.80. The lowest BCUT2D eigenvalue weighted by molar-refractivity contribution is -0.141. The van der Waals surface area contributed by atoms with Crippen molar-refractivity contribution in [1.82, 2.24) is 4.98 Å². The number of hydrogen-bond acceptors (Lipinski definition) is 1. The largest absolute Gasteiger partial charge is 0.434 e. The van der Waals surface area contributed by atoms with Crippen LogP contribution in [0.25, 0.3) is 0 Å². The highest BCUT2D eigenvalue weighted by Crippen LogP contribution is 2.37. The van der Waals surface area contributed by atoms with Crippen molar-refractivity contribution in [3.8, 4) is 0 Å². The second kappa shape index (κ2) is 4.96. The van der Waals surface area contributed by atoms with Gasteiger partial charge in [0.05, 0.1) is 0 Å². The number of hydrogen-bond donors (Lipinski definition) is 0. The van der Waals surface area contributed by atoms with E-state index in [1.165, 1.54) is 12.5 Å². The zero-order valence-electron chi connectivity index (χ0n) is 9.23. The van der Waals surface area contributed by atoms with E-state index in [4.69, 9.17) is 0 Å². The van der Waals surface area contributed by atoms with Gasteiger partial charge in [-0.15, -0.1) is 0 Å². The molecule has 0 saturated heterocycles. The van der Waals surface area contributed by atoms with Crippen LogP contribution in [0.15, 0.2) is 16.6 Å². The van der Waals surface area contributed by atoms with E-state index in [2.05, 4.69) is 20.9 Å². The fourth-order valence-electron chi connectivity index (χ4n) is 2.28. The van der Waals surface area contributed by atoms with Gasteiger partial charge < -0.3 is 0 Å². The Morgan fingerprint density at radius 2 is 1.76 bits per heavy atom. The highest BCUT2D eigenvalue weighted by Gasteiger charge is 2.35. The molecular weight excluding hydrogens is 295 g/mol. The first kappa shape index (κ1) is 12.9. The third kappa shape index (κ3) is 3.00. The van der Waals surface area contributed by atoms with Crippen LogP contribution in [0.2, 0.25) is 0 Å². The van der Waals surface area contributed by atoms with Gasteiger partial charge in [-0.1, -0.05) is 19.3 Å². The van der Waals surface area contributed by atoms with Crippen LogP contribution < -0.4 is 0 Å². The summed E-state index contributed by atoms with van der Waals surface area (Å²) in [4.78, 5) is 3.80. The van der Waals surface area contributed by atoms with Gasteiger partial charge in [0.25, 0.3) is 0 Å². The first-order chi connectivity index (χ1) is 7.98. The smallest absolute Gasteiger partial charge is 0.247 e. The molecule has 1 nitrogen and oxygen atoms in total. The van der Waals surface area contributed by atoms with Crippen LogP contribution in [0, 0.1) is 0 Å². The SMILES string of the molecule is FC(F)(F)c1nc(C2CCCCC2)ccc1Br. The quantitative estimate of drug-likeness (QED) is 0.718. The number of pyridine rings is 1.